The number of piperidine rings is 1. The lowest BCUT2D eigenvalue weighted by molar-refractivity contribution is -0.133. The summed E-state index contributed by atoms with van der Waals surface area (Å²) in [6.07, 6.45) is 3.42. The van der Waals surface area contributed by atoms with Crippen LogP contribution < -0.4 is 5.32 Å². The van der Waals surface area contributed by atoms with Crippen LogP contribution in [-0.2, 0) is 11.3 Å². The first-order chi connectivity index (χ1) is 9.58. The number of benzene rings is 1. The van der Waals surface area contributed by atoms with E-state index in [2.05, 4.69) is 21.2 Å². The average Bonchev–Trinajstić information content (AvgIpc) is 2.48. The second-order valence-corrected chi connectivity index (χ2v) is 6.09. The molecule has 1 aliphatic heterocycles. The summed E-state index contributed by atoms with van der Waals surface area (Å²) in [5.41, 5.74) is 0.955. The molecule has 0 bridgehead atoms. The predicted octanol–water partition coefficient (Wildman–Crippen LogP) is 3.08. The summed E-state index contributed by atoms with van der Waals surface area (Å²) in [6.45, 7) is 4.18. The fourth-order valence-corrected chi connectivity index (χ4v) is 2.82. The zero-order valence-corrected chi connectivity index (χ0v) is 13.2. The second kappa shape index (κ2) is 7.18. The monoisotopic (exact) mass is 342 g/mol. The molecule has 1 saturated heterocycles. The van der Waals surface area contributed by atoms with E-state index in [1.165, 1.54) is 12.5 Å². The van der Waals surface area contributed by atoms with Crippen molar-refractivity contribution in [2.75, 3.05) is 13.1 Å². The van der Waals surface area contributed by atoms with Crippen molar-refractivity contribution < 1.29 is 9.18 Å². The van der Waals surface area contributed by atoms with Crippen molar-refractivity contribution in [2.45, 2.75) is 38.8 Å². The van der Waals surface area contributed by atoms with Crippen LogP contribution in [-0.4, -0.2) is 29.9 Å². The Morgan fingerprint density at radius 2 is 2.10 bits per heavy atom. The molecule has 1 aliphatic rings. The van der Waals surface area contributed by atoms with Gasteiger partial charge in [0.2, 0.25) is 5.91 Å². The number of rotatable bonds is 4. The predicted molar refractivity (Wildman–Crippen MR) is 80.8 cm³/mol. The summed E-state index contributed by atoms with van der Waals surface area (Å²) in [6, 6.07) is 4.68. The van der Waals surface area contributed by atoms with Crippen molar-refractivity contribution in [3.8, 4) is 0 Å². The highest BCUT2D eigenvalue weighted by Crippen LogP contribution is 2.17. The van der Waals surface area contributed by atoms with E-state index in [0.29, 0.717) is 11.0 Å². The molecule has 110 valence electrons. The molecule has 0 aromatic heterocycles. The highest BCUT2D eigenvalue weighted by Gasteiger charge is 2.21. The summed E-state index contributed by atoms with van der Waals surface area (Å²) in [4.78, 5) is 14.2. The van der Waals surface area contributed by atoms with Crippen molar-refractivity contribution in [1.82, 2.24) is 10.2 Å². The normalized spacial score (nSPS) is 17.1. The Morgan fingerprint density at radius 3 is 2.75 bits per heavy atom. The molecule has 1 atom stereocenters. The van der Waals surface area contributed by atoms with Gasteiger partial charge in [-0.2, -0.15) is 0 Å². The number of hydrogen-bond acceptors (Lipinski definition) is 2. The molecule has 3 nitrogen and oxygen atoms in total. The Kier molecular flexibility index (Phi) is 5.54. The topological polar surface area (TPSA) is 32.3 Å². The van der Waals surface area contributed by atoms with Gasteiger partial charge in [0.25, 0.3) is 0 Å². The molecule has 1 unspecified atom stereocenters. The molecular formula is C15H20BrFN2O. The number of hydrogen-bond donors (Lipinski definition) is 1. The van der Waals surface area contributed by atoms with Crippen LogP contribution in [0.5, 0.6) is 0 Å². The third kappa shape index (κ3) is 4.03. The van der Waals surface area contributed by atoms with E-state index in [9.17, 15) is 9.18 Å². The molecule has 1 aromatic carbocycles. The van der Waals surface area contributed by atoms with Crippen LogP contribution in [0, 0.1) is 5.82 Å². The Bertz CT molecular complexity index is 475. The summed E-state index contributed by atoms with van der Waals surface area (Å²) in [7, 11) is 0. The first kappa shape index (κ1) is 15.4. The maximum atomic E-state index is 13.1. The van der Waals surface area contributed by atoms with Crippen molar-refractivity contribution in [1.29, 1.82) is 0 Å². The third-order valence-corrected chi connectivity index (χ3v) is 4.24. The minimum atomic E-state index is -0.272. The van der Waals surface area contributed by atoms with Crippen LogP contribution in [0.1, 0.15) is 31.7 Å². The first-order valence-corrected chi connectivity index (χ1v) is 7.83. The van der Waals surface area contributed by atoms with Gasteiger partial charge >= 0.3 is 0 Å². The molecule has 1 amide bonds. The van der Waals surface area contributed by atoms with E-state index in [-0.39, 0.29) is 17.8 Å². The van der Waals surface area contributed by atoms with Crippen LogP contribution in [0.2, 0.25) is 0 Å². The van der Waals surface area contributed by atoms with Gasteiger partial charge in [0.05, 0.1) is 10.5 Å². The highest BCUT2D eigenvalue weighted by molar-refractivity contribution is 9.10. The summed E-state index contributed by atoms with van der Waals surface area (Å²) in [5, 5.41) is 3.21. The van der Waals surface area contributed by atoms with Gasteiger partial charge in [-0.1, -0.05) is 6.07 Å². The van der Waals surface area contributed by atoms with Gasteiger partial charge in [-0.15, -0.1) is 0 Å². The Hall–Kier alpha value is -0.940. The molecule has 20 heavy (non-hydrogen) atoms. The Labute approximate surface area is 127 Å². The molecule has 0 saturated carbocycles. The summed E-state index contributed by atoms with van der Waals surface area (Å²) < 4.78 is 13.6. The van der Waals surface area contributed by atoms with E-state index in [1.54, 1.807) is 12.1 Å². The molecule has 1 N–H and O–H groups in total. The van der Waals surface area contributed by atoms with Crippen LogP contribution in [0.25, 0.3) is 0 Å². The maximum absolute atomic E-state index is 13.1. The lowest BCUT2D eigenvalue weighted by Crippen LogP contribution is -2.46. The van der Waals surface area contributed by atoms with Crippen LogP contribution in [0.3, 0.4) is 0 Å². The smallest absolute Gasteiger partial charge is 0.239 e. The maximum Gasteiger partial charge on any atom is 0.239 e. The van der Waals surface area contributed by atoms with Gasteiger partial charge in [-0.3, -0.25) is 4.79 Å². The zero-order valence-electron chi connectivity index (χ0n) is 11.7. The van der Waals surface area contributed by atoms with E-state index >= 15 is 0 Å². The van der Waals surface area contributed by atoms with E-state index in [4.69, 9.17) is 0 Å². The molecule has 5 heteroatoms. The summed E-state index contributed by atoms with van der Waals surface area (Å²) in [5.74, 6) is -0.114. The molecule has 1 fully saturated rings. The number of nitrogens with zero attached hydrogens (tertiary/aromatic N) is 1. The van der Waals surface area contributed by atoms with Gasteiger partial charge in [0.1, 0.15) is 5.82 Å². The van der Waals surface area contributed by atoms with E-state index in [0.717, 1.165) is 31.5 Å². The third-order valence-electron chi connectivity index (χ3n) is 3.63. The molecule has 0 spiro atoms. The van der Waals surface area contributed by atoms with Gasteiger partial charge in [0, 0.05) is 19.6 Å². The standard InChI is InChI=1S/C15H20BrFN2O/c1-11(15(20)19-7-3-2-4-8-19)18-10-12-5-6-14(17)13(16)9-12/h5-6,9,11,18H,2-4,7-8,10H2,1H3. The molecule has 0 radical (unpaired) electrons. The van der Waals surface area contributed by atoms with E-state index < -0.39 is 0 Å². The lowest BCUT2D eigenvalue weighted by Gasteiger charge is -2.29. The first-order valence-electron chi connectivity index (χ1n) is 7.04. The summed E-state index contributed by atoms with van der Waals surface area (Å²) >= 11 is 3.17. The van der Waals surface area contributed by atoms with Crippen LogP contribution in [0.4, 0.5) is 4.39 Å². The number of amides is 1. The van der Waals surface area contributed by atoms with Gasteiger partial charge < -0.3 is 10.2 Å². The van der Waals surface area contributed by atoms with Crippen LogP contribution >= 0.6 is 15.9 Å². The van der Waals surface area contributed by atoms with Crippen molar-refractivity contribution >= 4 is 21.8 Å². The van der Waals surface area contributed by atoms with Crippen molar-refractivity contribution in [2.24, 2.45) is 0 Å². The van der Waals surface area contributed by atoms with E-state index in [1.807, 2.05) is 11.8 Å². The highest BCUT2D eigenvalue weighted by atomic mass is 79.9. The number of carbonyl (C=O) groups is 1. The fourth-order valence-electron chi connectivity index (χ4n) is 2.40. The molecule has 0 aliphatic carbocycles. The minimum absolute atomic E-state index is 0.158. The molecule has 1 aromatic rings. The zero-order chi connectivity index (χ0) is 14.5. The number of carbonyl (C=O) groups excluding carboxylic acids is 1. The van der Waals surface area contributed by atoms with Gasteiger partial charge in [-0.05, 0) is 59.8 Å². The van der Waals surface area contributed by atoms with Crippen LogP contribution in [0.15, 0.2) is 22.7 Å². The minimum Gasteiger partial charge on any atom is -0.341 e. The Balaban J connectivity index is 1.85. The molecule has 2 rings (SSSR count). The van der Waals surface area contributed by atoms with Gasteiger partial charge in [0.15, 0.2) is 0 Å². The van der Waals surface area contributed by atoms with Crippen molar-refractivity contribution in [3.05, 3.63) is 34.1 Å². The number of nitrogens with one attached hydrogen (secondary N) is 1. The number of likely N-dealkylation sites (tertiary alicyclic amines) is 1. The molecular weight excluding hydrogens is 323 g/mol. The lowest BCUT2D eigenvalue weighted by atomic mass is 10.1. The van der Waals surface area contributed by atoms with Gasteiger partial charge in [-0.25, -0.2) is 4.39 Å². The fraction of sp³-hybridized carbons (Fsp3) is 0.533. The largest absolute Gasteiger partial charge is 0.341 e. The average molecular weight is 343 g/mol. The van der Waals surface area contributed by atoms with Crippen molar-refractivity contribution in [3.63, 3.8) is 0 Å². The number of halogens is 2. The second-order valence-electron chi connectivity index (χ2n) is 5.24. The quantitative estimate of drug-likeness (QED) is 0.911. The Morgan fingerprint density at radius 1 is 1.40 bits per heavy atom. The SMILES string of the molecule is CC(NCc1ccc(F)c(Br)c1)C(=O)N1CCCCC1. The molecule has 1 heterocycles.